The topological polar surface area (TPSA) is 131 Å². The van der Waals surface area contributed by atoms with Gasteiger partial charge in [0, 0.05) is 18.5 Å². The summed E-state index contributed by atoms with van der Waals surface area (Å²) < 4.78 is 10.3. The molecule has 1 amide bonds. The molecule has 0 aromatic heterocycles. The molecule has 0 saturated heterocycles. The number of amides is 1. The molecule has 34 heavy (non-hydrogen) atoms. The van der Waals surface area contributed by atoms with Gasteiger partial charge in [-0.05, 0) is 33.9 Å². The number of fused-ring (bicyclic) bond motifs is 3. The third kappa shape index (κ3) is 4.57. The monoisotopic (exact) mass is 464 g/mol. The third-order valence-corrected chi connectivity index (χ3v) is 5.90. The van der Waals surface area contributed by atoms with Crippen molar-refractivity contribution in [2.45, 2.75) is 18.1 Å². The minimum atomic E-state index is -1.46. The van der Waals surface area contributed by atoms with Crippen LogP contribution >= 0.6 is 0 Å². The molecule has 9 nitrogen and oxygen atoms in total. The molecular formula is C25H24N2O7. The zero-order valence-corrected chi connectivity index (χ0v) is 18.4. The number of alkyl carbamates (subject to hydrolysis) is 1. The number of hydrogen-bond acceptors (Lipinski definition) is 7. The van der Waals surface area contributed by atoms with Crippen molar-refractivity contribution in [1.29, 1.82) is 0 Å². The zero-order valence-electron chi connectivity index (χ0n) is 18.4. The minimum Gasteiger partial charge on any atom is -0.490 e. The predicted molar refractivity (Wildman–Crippen MR) is 124 cm³/mol. The van der Waals surface area contributed by atoms with Crippen molar-refractivity contribution >= 4 is 11.8 Å². The smallest absolute Gasteiger partial charge is 0.407 e. The van der Waals surface area contributed by atoms with Crippen molar-refractivity contribution in [3.63, 3.8) is 0 Å². The first-order chi connectivity index (χ1) is 16.4. The van der Waals surface area contributed by atoms with E-state index in [0.717, 1.165) is 28.3 Å². The van der Waals surface area contributed by atoms with Gasteiger partial charge in [-0.15, -0.1) is 0 Å². The number of carbonyl (C=O) groups excluding carboxylic acids is 1. The van der Waals surface area contributed by atoms with E-state index in [1.165, 1.54) is 19.2 Å². The number of rotatable bonds is 8. The number of nitro groups is 1. The van der Waals surface area contributed by atoms with Crippen LogP contribution in [-0.2, 0) is 4.74 Å². The summed E-state index contributed by atoms with van der Waals surface area (Å²) in [6.45, 7) is -0.194. The Morgan fingerprint density at radius 2 is 1.68 bits per heavy atom. The van der Waals surface area contributed by atoms with Gasteiger partial charge in [0.25, 0.3) is 0 Å². The van der Waals surface area contributed by atoms with Gasteiger partial charge in [0.1, 0.15) is 18.8 Å². The van der Waals surface area contributed by atoms with Crippen LogP contribution in [0, 0.1) is 10.1 Å². The summed E-state index contributed by atoms with van der Waals surface area (Å²) >= 11 is 0. The van der Waals surface area contributed by atoms with E-state index in [1.807, 2.05) is 48.5 Å². The van der Waals surface area contributed by atoms with Gasteiger partial charge < -0.3 is 25.0 Å². The lowest BCUT2D eigenvalue weighted by Gasteiger charge is -2.19. The summed E-state index contributed by atoms with van der Waals surface area (Å²) in [4.78, 5) is 22.8. The number of nitrogens with zero attached hydrogens (tertiary/aromatic N) is 1. The van der Waals surface area contributed by atoms with Crippen molar-refractivity contribution in [2.24, 2.45) is 0 Å². The van der Waals surface area contributed by atoms with Crippen LogP contribution < -0.4 is 10.1 Å². The van der Waals surface area contributed by atoms with E-state index in [0.29, 0.717) is 0 Å². The lowest BCUT2D eigenvalue weighted by atomic mass is 9.98. The molecule has 0 spiro atoms. The van der Waals surface area contributed by atoms with Crippen molar-refractivity contribution in [1.82, 2.24) is 5.32 Å². The van der Waals surface area contributed by atoms with Crippen LogP contribution in [0.15, 0.2) is 66.7 Å². The molecule has 0 fully saturated rings. The van der Waals surface area contributed by atoms with Crippen LogP contribution in [-0.4, -0.2) is 47.6 Å². The highest BCUT2D eigenvalue weighted by Crippen LogP contribution is 2.44. The van der Waals surface area contributed by atoms with E-state index >= 15 is 0 Å². The largest absolute Gasteiger partial charge is 0.490 e. The maximum absolute atomic E-state index is 12.3. The lowest BCUT2D eigenvalue weighted by molar-refractivity contribution is -0.385. The third-order valence-electron chi connectivity index (χ3n) is 5.90. The number of nitrogens with one attached hydrogen (secondary N) is 1. The average molecular weight is 464 g/mol. The van der Waals surface area contributed by atoms with Gasteiger partial charge in [-0.1, -0.05) is 54.6 Å². The Labute approximate surface area is 195 Å². The molecule has 176 valence electrons. The molecule has 0 aliphatic heterocycles. The first-order valence-corrected chi connectivity index (χ1v) is 10.7. The normalized spacial score (nSPS) is 14.0. The Bertz CT molecular complexity index is 1170. The Kier molecular flexibility index (Phi) is 6.76. The number of methoxy groups -OCH3 is 1. The second kappa shape index (κ2) is 9.90. The Balaban J connectivity index is 1.35. The molecule has 0 heterocycles. The molecule has 4 rings (SSSR count). The molecule has 2 atom stereocenters. The zero-order chi connectivity index (χ0) is 24.2. The van der Waals surface area contributed by atoms with E-state index in [2.05, 4.69) is 5.32 Å². The summed E-state index contributed by atoms with van der Waals surface area (Å²) in [6.07, 6.45) is -3.61. The molecule has 1 aliphatic carbocycles. The maximum atomic E-state index is 12.3. The van der Waals surface area contributed by atoms with Crippen molar-refractivity contribution in [2.75, 3.05) is 20.3 Å². The van der Waals surface area contributed by atoms with Crippen LogP contribution in [0.25, 0.3) is 11.1 Å². The highest BCUT2D eigenvalue weighted by molar-refractivity contribution is 5.79. The Morgan fingerprint density at radius 3 is 2.26 bits per heavy atom. The quantitative estimate of drug-likeness (QED) is 0.343. The molecule has 0 radical (unpaired) electrons. The van der Waals surface area contributed by atoms with E-state index in [4.69, 9.17) is 9.47 Å². The van der Waals surface area contributed by atoms with Gasteiger partial charge in [-0.25, -0.2) is 4.79 Å². The molecule has 0 saturated carbocycles. The van der Waals surface area contributed by atoms with Crippen molar-refractivity contribution in [3.8, 4) is 16.9 Å². The number of carbonyl (C=O) groups is 1. The van der Waals surface area contributed by atoms with E-state index in [-0.39, 0.29) is 36.1 Å². The average Bonchev–Trinajstić information content (AvgIpc) is 3.18. The molecule has 3 N–H and O–H groups in total. The number of ether oxygens (including phenoxy) is 2. The fraction of sp³-hybridized carbons (Fsp3) is 0.240. The number of nitro benzene ring substituents is 1. The molecule has 0 bridgehead atoms. The minimum absolute atomic E-state index is 0.0344. The highest BCUT2D eigenvalue weighted by Gasteiger charge is 2.29. The molecule has 9 heteroatoms. The highest BCUT2D eigenvalue weighted by atomic mass is 16.6. The summed E-state index contributed by atoms with van der Waals surface area (Å²) in [5.74, 6) is -0.0688. The first kappa shape index (κ1) is 23.2. The van der Waals surface area contributed by atoms with Crippen LogP contribution in [0.4, 0.5) is 10.5 Å². The number of aliphatic hydroxyl groups is 2. The van der Waals surface area contributed by atoms with Crippen molar-refractivity contribution in [3.05, 3.63) is 93.5 Å². The van der Waals surface area contributed by atoms with E-state index < -0.39 is 23.2 Å². The summed E-state index contributed by atoms with van der Waals surface area (Å²) in [7, 11) is 1.30. The molecule has 2 unspecified atom stereocenters. The Hall–Kier alpha value is -3.95. The molecular weight excluding hydrogens is 440 g/mol. The fourth-order valence-corrected chi connectivity index (χ4v) is 4.20. The van der Waals surface area contributed by atoms with Crippen molar-refractivity contribution < 1.29 is 29.4 Å². The first-order valence-electron chi connectivity index (χ1n) is 10.7. The SMILES string of the molecule is COc1ccc(C(O)C(O)CNC(=O)OCC2c3ccccc3-c3ccccc32)cc1[N+](=O)[O-]. The van der Waals surface area contributed by atoms with Crippen LogP contribution in [0.2, 0.25) is 0 Å². The fourth-order valence-electron chi connectivity index (χ4n) is 4.20. The molecule has 3 aromatic carbocycles. The number of hydrogen-bond donors (Lipinski definition) is 3. The van der Waals surface area contributed by atoms with Crippen LogP contribution in [0.1, 0.15) is 28.7 Å². The molecule has 3 aromatic rings. The standard InChI is InChI=1S/C25H24N2O7/c1-33-23-11-10-15(12-21(23)27(31)32)24(29)22(28)13-26-25(30)34-14-20-18-8-4-2-6-16(18)17-7-3-5-9-19(17)20/h2-12,20,22,24,28-29H,13-14H2,1H3,(H,26,30). The van der Waals surface area contributed by atoms with E-state index in [1.54, 1.807) is 0 Å². The van der Waals surface area contributed by atoms with Gasteiger partial charge in [-0.2, -0.15) is 0 Å². The Morgan fingerprint density at radius 1 is 1.06 bits per heavy atom. The van der Waals surface area contributed by atoms with Gasteiger partial charge in [-0.3, -0.25) is 10.1 Å². The van der Waals surface area contributed by atoms with Crippen LogP contribution in [0.5, 0.6) is 5.75 Å². The lowest BCUT2D eigenvalue weighted by Crippen LogP contribution is -2.36. The second-order valence-electron chi connectivity index (χ2n) is 7.91. The van der Waals surface area contributed by atoms with Gasteiger partial charge >= 0.3 is 11.8 Å². The van der Waals surface area contributed by atoms with Crippen LogP contribution in [0.3, 0.4) is 0 Å². The van der Waals surface area contributed by atoms with E-state index in [9.17, 15) is 25.1 Å². The summed E-state index contributed by atoms with van der Waals surface area (Å²) in [5, 5.41) is 34.3. The van der Waals surface area contributed by atoms with Gasteiger partial charge in [0.15, 0.2) is 5.75 Å². The predicted octanol–water partition coefficient (Wildman–Crippen LogP) is 3.54. The van der Waals surface area contributed by atoms with Gasteiger partial charge in [0.05, 0.1) is 12.0 Å². The summed E-state index contributed by atoms with van der Waals surface area (Å²) in [6, 6.07) is 19.8. The maximum Gasteiger partial charge on any atom is 0.407 e. The second-order valence-corrected chi connectivity index (χ2v) is 7.91. The number of benzene rings is 3. The van der Waals surface area contributed by atoms with Gasteiger partial charge in [0.2, 0.25) is 0 Å². The summed E-state index contributed by atoms with van der Waals surface area (Å²) in [5.41, 5.74) is 4.16. The molecule has 1 aliphatic rings. The number of aliphatic hydroxyl groups excluding tert-OH is 2.